The molecule has 0 radical (unpaired) electrons. The van der Waals surface area contributed by atoms with E-state index >= 15 is 0 Å². The monoisotopic (exact) mass is 601 g/mol. The van der Waals surface area contributed by atoms with Crippen LogP contribution in [-0.4, -0.2) is 97.3 Å². The molecule has 3 aliphatic rings. The maximum Gasteiger partial charge on any atom is 0.329 e. The number of nitrogens with one attached hydrogen (secondary N) is 2. The number of fused-ring (bicyclic) bond motifs is 1. The molecule has 0 aromatic heterocycles. The Morgan fingerprint density at radius 2 is 1.69 bits per heavy atom. The van der Waals surface area contributed by atoms with Crippen molar-refractivity contribution in [3.8, 4) is 0 Å². The number of rotatable bonds is 12. The molecule has 0 saturated carbocycles. The summed E-state index contributed by atoms with van der Waals surface area (Å²) >= 11 is 1.33. The second-order valence-corrected chi connectivity index (χ2v) is 13.2. The van der Waals surface area contributed by atoms with Crippen molar-refractivity contribution in [1.29, 1.82) is 0 Å². The lowest BCUT2D eigenvalue weighted by Crippen LogP contribution is -2.70. The van der Waals surface area contributed by atoms with E-state index in [2.05, 4.69) is 17.6 Å². The maximum absolute atomic E-state index is 13.0. The number of β-lactam (4-membered cyclic amide) rings is 1. The number of unbranched alkanes of at least 4 members (excludes halogenated alkanes) is 5. The highest BCUT2D eigenvalue weighted by atomic mass is 32.2. The van der Waals surface area contributed by atoms with Gasteiger partial charge in [-0.05, 0) is 31.9 Å². The van der Waals surface area contributed by atoms with E-state index in [0.29, 0.717) is 17.8 Å². The minimum atomic E-state index is -1.09. The predicted octanol–water partition coefficient (Wildman–Crippen LogP) is 2.42. The van der Waals surface area contributed by atoms with E-state index in [4.69, 9.17) is 0 Å². The summed E-state index contributed by atoms with van der Waals surface area (Å²) in [5.74, 6) is -3.59. The van der Waals surface area contributed by atoms with E-state index < -0.39 is 57.8 Å². The summed E-state index contributed by atoms with van der Waals surface area (Å²) in [7, 11) is 0. The summed E-state index contributed by atoms with van der Waals surface area (Å²) in [6, 6.07) is 4.01. The van der Waals surface area contributed by atoms with Crippen LogP contribution in [0.2, 0.25) is 0 Å². The SMILES string of the molecule is CCCCCCCCN1CCN(C(=O)Nc2ccccc2CC(=O)NC2C(=O)N3[C@@H]2SC(C)(C)[C@@H]3C(=O)O)C(=O)C1=O. The Kier molecular flexibility index (Phi) is 9.80. The van der Waals surface area contributed by atoms with Crippen molar-refractivity contribution >= 4 is 53.1 Å². The van der Waals surface area contributed by atoms with Crippen LogP contribution >= 0.6 is 11.8 Å². The molecule has 12 nitrogen and oxygen atoms in total. The second-order valence-electron chi connectivity index (χ2n) is 11.4. The van der Waals surface area contributed by atoms with Gasteiger partial charge in [-0.3, -0.25) is 24.1 Å². The lowest BCUT2D eigenvalue weighted by atomic mass is 9.96. The smallest absolute Gasteiger partial charge is 0.329 e. The molecule has 13 heteroatoms. The van der Waals surface area contributed by atoms with Crippen molar-refractivity contribution in [2.24, 2.45) is 0 Å². The quantitative estimate of drug-likeness (QED) is 0.187. The third kappa shape index (κ3) is 6.55. The summed E-state index contributed by atoms with van der Waals surface area (Å²) in [5.41, 5.74) is 0.756. The normalized spacial score (nSPS) is 23.0. The number of para-hydroxylation sites is 1. The lowest BCUT2D eigenvalue weighted by molar-refractivity contribution is -0.161. The Morgan fingerprint density at radius 1 is 1.00 bits per heavy atom. The first-order chi connectivity index (χ1) is 20.0. The number of carbonyl (C=O) groups is 6. The number of hydrogen-bond acceptors (Lipinski definition) is 7. The second kappa shape index (κ2) is 13.1. The van der Waals surface area contributed by atoms with Crippen molar-refractivity contribution in [2.45, 2.75) is 87.9 Å². The highest BCUT2D eigenvalue weighted by Crippen LogP contribution is 2.50. The van der Waals surface area contributed by atoms with Gasteiger partial charge in [-0.1, -0.05) is 57.2 Å². The van der Waals surface area contributed by atoms with Gasteiger partial charge in [0.1, 0.15) is 17.5 Å². The fourth-order valence-electron chi connectivity index (χ4n) is 5.69. The summed E-state index contributed by atoms with van der Waals surface area (Å²) in [6.07, 6.45) is 6.22. The molecule has 1 aromatic rings. The van der Waals surface area contributed by atoms with E-state index in [-0.39, 0.29) is 19.5 Å². The van der Waals surface area contributed by atoms with Crippen LogP contribution in [0, 0.1) is 0 Å². The highest BCUT2D eigenvalue weighted by Gasteiger charge is 2.64. The van der Waals surface area contributed by atoms with Crippen molar-refractivity contribution in [2.75, 3.05) is 25.0 Å². The maximum atomic E-state index is 13.0. The summed E-state index contributed by atoms with van der Waals surface area (Å²) < 4.78 is -0.707. The average Bonchev–Trinajstić information content (AvgIpc) is 3.20. The molecule has 3 fully saturated rings. The Bertz CT molecular complexity index is 1250. The van der Waals surface area contributed by atoms with E-state index in [1.165, 1.54) is 28.0 Å². The van der Waals surface area contributed by atoms with Crippen LogP contribution in [0.15, 0.2) is 24.3 Å². The highest BCUT2D eigenvalue weighted by molar-refractivity contribution is 8.01. The fraction of sp³-hybridized carbons (Fsp3) is 0.586. The minimum absolute atomic E-state index is 0.0714. The van der Waals surface area contributed by atoms with Crippen molar-refractivity contribution in [3.63, 3.8) is 0 Å². The topological polar surface area (TPSA) is 156 Å². The number of thioether (sulfide) groups is 1. The molecule has 3 saturated heterocycles. The lowest BCUT2D eigenvalue weighted by Gasteiger charge is -2.43. The van der Waals surface area contributed by atoms with Gasteiger partial charge in [0.15, 0.2) is 0 Å². The van der Waals surface area contributed by atoms with Crippen LogP contribution in [-0.2, 0) is 30.4 Å². The van der Waals surface area contributed by atoms with E-state index in [1.807, 2.05) is 0 Å². The molecule has 1 aromatic carbocycles. The number of carboxylic acid groups (broad SMARTS) is 1. The molecule has 42 heavy (non-hydrogen) atoms. The van der Waals surface area contributed by atoms with Crippen LogP contribution in [0.3, 0.4) is 0 Å². The molecule has 3 heterocycles. The van der Waals surface area contributed by atoms with E-state index in [0.717, 1.165) is 37.0 Å². The van der Waals surface area contributed by atoms with Crippen molar-refractivity contribution < 1.29 is 33.9 Å². The summed E-state index contributed by atoms with van der Waals surface area (Å²) in [4.78, 5) is 79.4. The number of benzene rings is 1. The number of anilines is 1. The largest absolute Gasteiger partial charge is 0.480 e. The standard InChI is InChI=1S/C29H39N5O7S/c1-4-5-6-7-8-11-14-32-15-16-33(25(38)24(32)37)28(41)30-19-13-10-9-12-18(19)17-20(35)31-21-23(36)34-22(27(39)40)29(2,3)42-26(21)34/h9-10,12-13,21-22,26H,4-8,11,14-17H2,1-3H3,(H,30,41)(H,31,35)(H,39,40)/t21?,22-,26+/m0/s1. The molecule has 6 amide bonds. The number of aliphatic carboxylic acids is 1. The number of hydrogen-bond donors (Lipinski definition) is 3. The molecule has 1 unspecified atom stereocenters. The average molecular weight is 602 g/mol. The summed E-state index contributed by atoms with van der Waals surface area (Å²) in [6.45, 7) is 6.49. The molecular weight excluding hydrogens is 562 g/mol. The molecule has 4 rings (SSSR count). The Labute approximate surface area is 249 Å². The van der Waals surface area contributed by atoms with Gasteiger partial charge in [0, 0.05) is 30.1 Å². The van der Waals surface area contributed by atoms with Gasteiger partial charge in [-0.15, -0.1) is 11.8 Å². The first kappa shape index (κ1) is 31.3. The van der Waals surface area contributed by atoms with Gasteiger partial charge in [0.25, 0.3) is 0 Å². The number of carboxylic acids is 1. The van der Waals surface area contributed by atoms with E-state index in [1.54, 1.807) is 38.1 Å². The van der Waals surface area contributed by atoms with E-state index in [9.17, 15) is 33.9 Å². The van der Waals surface area contributed by atoms with Gasteiger partial charge >= 0.3 is 23.8 Å². The molecular formula is C29H39N5O7S. The van der Waals surface area contributed by atoms with Crippen LogP contribution in [0.25, 0.3) is 0 Å². The Morgan fingerprint density at radius 3 is 2.40 bits per heavy atom. The van der Waals surface area contributed by atoms with Crippen LogP contribution in [0.4, 0.5) is 10.5 Å². The Balaban J connectivity index is 1.30. The summed E-state index contributed by atoms with van der Waals surface area (Å²) in [5, 5.41) is 14.5. The van der Waals surface area contributed by atoms with Gasteiger partial charge in [-0.2, -0.15) is 0 Å². The number of urea groups is 1. The molecule has 0 aliphatic carbocycles. The predicted molar refractivity (Wildman–Crippen MR) is 156 cm³/mol. The first-order valence-corrected chi connectivity index (χ1v) is 15.4. The van der Waals surface area contributed by atoms with Crippen molar-refractivity contribution in [3.05, 3.63) is 29.8 Å². The molecule has 3 N–H and O–H groups in total. The van der Waals surface area contributed by atoms with Gasteiger partial charge in [0.05, 0.1) is 6.42 Å². The Hall–Kier alpha value is -3.61. The zero-order valence-electron chi connectivity index (χ0n) is 24.3. The minimum Gasteiger partial charge on any atom is -0.480 e. The molecule has 0 spiro atoms. The molecule has 228 valence electrons. The third-order valence-corrected chi connectivity index (χ3v) is 9.51. The number of nitrogens with zero attached hydrogens (tertiary/aromatic N) is 3. The van der Waals surface area contributed by atoms with Crippen LogP contribution in [0.5, 0.6) is 0 Å². The fourth-order valence-corrected chi connectivity index (χ4v) is 7.31. The zero-order chi connectivity index (χ0) is 30.6. The molecule has 3 aliphatic heterocycles. The number of piperazine rings is 1. The molecule has 0 bridgehead atoms. The van der Waals surface area contributed by atoms with Crippen LogP contribution in [0.1, 0.15) is 64.9 Å². The number of carbonyl (C=O) groups excluding carboxylic acids is 5. The van der Waals surface area contributed by atoms with Crippen molar-refractivity contribution in [1.82, 2.24) is 20.0 Å². The van der Waals surface area contributed by atoms with Gasteiger partial charge < -0.3 is 25.5 Å². The molecule has 3 atom stereocenters. The zero-order valence-corrected chi connectivity index (χ0v) is 25.1. The number of amides is 6. The van der Waals surface area contributed by atoms with Crippen LogP contribution < -0.4 is 10.6 Å². The van der Waals surface area contributed by atoms with Gasteiger partial charge in [0.2, 0.25) is 11.8 Å². The number of imide groups is 1. The third-order valence-electron chi connectivity index (χ3n) is 7.94. The first-order valence-electron chi connectivity index (χ1n) is 14.5. The van der Waals surface area contributed by atoms with Gasteiger partial charge in [-0.25, -0.2) is 9.59 Å².